The largest absolute Gasteiger partial charge is 0.390 e. The summed E-state index contributed by atoms with van der Waals surface area (Å²) in [5, 5.41) is 22.2. The fourth-order valence-electron chi connectivity index (χ4n) is 1.25. The third-order valence-corrected chi connectivity index (χ3v) is 2.10. The maximum atomic E-state index is 9.68. The number of aliphatic hydroxyl groups is 2. The van der Waals surface area contributed by atoms with Crippen LogP contribution in [0.4, 0.5) is 0 Å². The molecule has 0 aliphatic heterocycles. The first-order valence-electron chi connectivity index (χ1n) is 4.67. The SMILES string of the molecule is CNCCC(O)C(O)c1cnc(C)[nH]1. The molecule has 0 aliphatic carbocycles. The number of hydrogen-bond acceptors (Lipinski definition) is 4. The van der Waals surface area contributed by atoms with Crippen LogP contribution in [0.25, 0.3) is 0 Å². The van der Waals surface area contributed by atoms with Crippen LogP contribution in [0.3, 0.4) is 0 Å². The number of nitrogens with one attached hydrogen (secondary N) is 2. The van der Waals surface area contributed by atoms with Gasteiger partial charge in [0.1, 0.15) is 11.9 Å². The van der Waals surface area contributed by atoms with Crippen LogP contribution >= 0.6 is 0 Å². The molecule has 5 heteroatoms. The summed E-state index contributed by atoms with van der Waals surface area (Å²) in [6.07, 6.45) is 0.407. The predicted octanol–water partition coefficient (Wildman–Crippen LogP) is -0.278. The van der Waals surface area contributed by atoms with E-state index in [1.807, 2.05) is 0 Å². The molecule has 1 heterocycles. The Morgan fingerprint density at radius 1 is 1.57 bits per heavy atom. The topological polar surface area (TPSA) is 81.2 Å². The molecule has 0 aromatic carbocycles. The normalized spacial score (nSPS) is 15.4. The molecule has 80 valence electrons. The first kappa shape index (κ1) is 11.2. The molecule has 0 bridgehead atoms. The van der Waals surface area contributed by atoms with E-state index < -0.39 is 12.2 Å². The van der Waals surface area contributed by atoms with Crippen molar-refractivity contribution in [2.75, 3.05) is 13.6 Å². The lowest BCUT2D eigenvalue weighted by molar-refractivity contribution is 0.0117. The predicted molar refractivity (Wildman–Crippen MR) is 52.8 cm³/mol. The van der Waals surface area contributed by atoms with Crippen LogP contribution in [0.15, 0.2) is 6.20 Å². The molecule has 0 amide bonds. The molecule has 0 aliphatic rings. The minimum Gasteiger partial charge on any atom is -0.390 e. The zero-order valence-electron chi connectivity index (χ0n) is 8.49. The molecule has 1 aromatic rings. The minimum absolute atomic E-state index is 0.510. The van der Waals surface area contributed by atoms with Crippen molar-refractivity contribution >= 4 is 0 Å². The Labute approximate surface area is 83.2 Å². The average Bonchev–Trinajstić information content (AvgIpc) is 2.60. The van der Waals surface area contributed by atoms with Gasteiger partial charge in [-0.3, -0.25) is 0 Å². The molecule has 0 spiro atoms. The van der Waals surface area contributed by atoms with E-state index in [1.165, 1.54) is 0 Å². The molecule has 5 nitrogen and oxygen atoms in total. The zero-order chi connectivity index (χ0) is 10.6. The van der Waals surface area contributed by atoms with Crippen LogP contribution in [-0.2, 0) is 0 Å². The highest BCUT2D eigenvalue weighted by Gasteiger charge is 2.19. The summed E-state index contributed by atoms with van der Waals surface area (Å²) in [6.45, 7) is 2.47. The van der Waals surface area contributed by atoms with Gasteiger partial charge >= 0.3 is 0 Å². The summed E-state index contributed by atoms with van der Waals surface area (Å²) >= 11 is 0. The molecule has 4 N–H and O–H groups in total. The summed E-state index contributed by atoms with van der Waals surface area (Å²) in [4.78, 5) is 6.85. The van der Waals surface area contributed by atoms with Crippen molar-refractivity contribution in [2.24, 2.45) is 0 Å². The number of H-pyrrole nitrogens is 1. The van der Waals surface area contributed by atoms with E-state index in [0.29, 0.717) is 18.7 Å². The van der Waals surface area contributed by atoms with E-state index in [4.69, 9.17) is 0 Å². The van der Waals surface area contributed by atoms with E-state index >= 15 is 0 Å². The number of rotatable bonds is 5. The number of aliphatic hydroxyl groups excluding tert-OH is 2. The van der Waals surface area contributed by atoms with E-state index in [2.05, 4.69) is 15.3 Å². The van der Waals surface area contributed by atoms with Gasteiger partial charge in [-0.2, -0.15) is 0 Å². The number of imidazole rings is 1. The van der Waals surface area contributed by atoms with Gasteiger partial charge in [0.2, 0.25) is 0 Å². The monoisotopic (exact) mass is 199 g/mol. The van der Waals surface area contributed by atoms with Gasteiger partial charge in [0.25, 0.3) is 0 Å². The van der Waals surface area contributed by atoms with Gasteiger partial charge < -0.3 is 20.5 Å². The maximum absolute atomic E-state index is 9.68. The Morgan fingerprint density at radius 2 is 2.29 bits per heavy atom. The summed E-state index contributed by atoms with van der Waals surface area (Å²) in [6, 6.07) is 0. The third kappa shape index (κ3) is 2.80. The molecule has 2 atom stereocenters. The van der Waals surface area contributed by atoms with E-state index in [1.54, 1.807) is 20.2 Å². The smallest absolute Gasteiger partial charge is 0.121 e. The molecule has 2 unspecified atom stereocenters. The molecule has 0 saturated heterocycles. The van der Waals surface area contributed by atoms with Crippen LogP contribution in [0.1, 0.15) is 24.0 Å². The second kappa shape index (κ2) is 5.09. The van der Waals surface area contributed by atoms with E-state index in [0.717, 1.165) is 5.82 Å². The summed E-state index contributed by atoms with van der Waals surface area (Å²) in [5.41, 5.74) is 0.561. The fraction of sp³-hybridized carbons (Fsp3) is 0.667. The highest BCUT2D eigenvalue weighted by Crippen LogP contribution is 2.16. The molecule has 1 rings (SSSR count). The van der Waals surface area contributed by atoms with Crippen molar-refractivity contribution < 1.29 is 10.2 Å². The molecule has 14 heavy (non-hydrogen) atoms. The number of hydrogen-bond donors (Lipinski definition) is 4. The summed E-state index contributed by atoms with van der Waals surface area (Å²) in [5.74, 6) is 0.736. The highest BCUT2D eigenvalue weighted by molar-refractivity contribution is 5.05. The number of aromatic nitrogens is 2. The zero-order valence-corrected chi connectivity index (χ0v) is 8.49. The number of aryl methyl sites for hydroxylation is 1. The summed E-state index contributed by atoms with van der Waals surface area (Å²) < 4.78 is 0. The van der Waals surface area contributed by atoms with E-state index in [9.17, 15) is 10.2 Å². The van der Waals surface area contributed by atoms with Crippen LogP contribution in [-0.4, -0.2) is 39.9 Å². The van der Waals surface area contributed by atoms with Crippen molar-refractivity contribution in [3.05, 3.63) is 17.7 Å². The first-order chi connectivity index (χ1) is 6.65. The maximum Gasteiger partial charge on any atom is 0.121 e. The van der Waals surface area contributed by atoms with Crippen molar-refractivity contribution in [1.29, 1.82) is 0 Å². The Morgan fingerprint density at radius 3 is 2.79 bits per heavy atom. The van der Waals surface area contributed by atoms with E-state index in [-0.39, 0.29) is 0 Å². The van der Waals surface area contributed by atoms with Gasteiger partial charge in [0.15, 0.2) is 0 Å². The van der Waals surface area contributed by atoms with Gasteiger partial charge in [-0.1, -0.05) is 0 Å². The molecule has 1 aromatic heterocycles. The minimum atomic E-state index is -0.885. The summed E-state index contributed by atoms with van der Waals surface area (Å²) in [7, 11) is 1.81. The molecule has 0 fully saturated rings. The Balaban J connectivity index is 2.51. The van der Waals surface area contributed by atoms with Crippen molar-refractivity contribution in [3.63, 3.8) is 0 Å². The van der Waals surface area contributed by atoms with Gasteiger partial charge in [0, 0.05) is 0 Å². The van der Waals surface area contributed by atoms with Crippen molar-refractivity contribution in [1.82, 2.24) is 15.3 Å². The number of aromatic amines is 1. The van der Waals surface area contributed by atoms with Gasteiger partial charge in [-0.25, -0.2) is 4.98 Å². The quantitative estimate of drug-likeness (QED) is 0.526. The van der Waals surface area contributed by atoms with Crippen molar-refractivity contribution in [2.45, 2.75) is 25.6 Å². The fourth-order valence-corrected chi connectivity index (χ4v) is 1.25. The van der Waals surface area contributed by atoms with Gasteiger partial charge in [-0.05, 0) is 26.9 Å². The lowest BCUT2D eigenvalue weighted by Gasteiger charge is -2.15. The molecule has 0 radical (unpaired) electrons. The van der Waals surface area contributed by atoms with Crippen LogP contribution in [0, 0.1) is 6.92 Å². The van der Waals surface area contributed by atoms with Crippen LogP contribution in [0.2, 0.25) is 0 Å². The molecular formula is C9H17N3O2. The Bertz CT molecular complexity index is 275. The number of nitrogens with zero attached hydrogens (tertiary/aromatic N) is 1. The second-order valence-corrected chi connectivity index (χ2v) is 3.33. The standard InChI is InChI=1S/C9H17N3O2/c1-6-11-5-7(12-6)9(14)8(13)3-4-10-2/h5,8-10,13-14H,3-4H2,1-2H3,(H,11,12). The molecule has 0 saturated carbocycles. The molecular weight excluding hydrogens is 182 g/mol. The lowest BCUT2D eigenvalue weighted by Crippen LogP contribution is -2.23. The van der Waals surface area contributed by atoms with Gasteiger partial charge in [0.05, 0.1) is 18.0 Å². The third-order valence-electron chi connectivity index (χ3n) is 2.10. The van der Waals surface area contributed by atoms with Crippen LogP contribution in [0.5, 0.6) is 0 Å². The lowest BCUT2D eigenvalue weighted by atomic mass is 10.1. The second-order valence-electron chi connectivity index (χ2n) is 3.33. The highest BCUT2D eigenvalue weighted by atomic mass is 16.3. The van der Waals surface area contributed by atoms with Gasteiger partial charge in [-0.15, -0.1) is 0 Å². The Kier molecular flexibility index (Phi) is 4.06. The average molecular weight is 199 g/mol. The van der Waals surface area contributed by atoms with Crippen molar-refractivity contribution in [3.8, 4) is 0 Å². The van der Waals surface area contributed by atoms with Crippen LogP contribution < -0.4 is 5.32 Å². The first-order valence-corrected chi connectivity index (χ1v) is 4.67. The Hall–Kier alpha value is -0.910.